The van der Waals surface area contributed by atoms with Crippen molar-refractivity contribution in [3.8, 4) is 17.2 Å². The van der Waals surface area contributed by atoms with Gasteiger partial charge in [0, 0.05) is 0 Å². The van der Waals surface area contributed by atoms with Crippen LogP contribution in [-0.4, -0.2) is 37.5 Å². The Hall–Kier alpha value is -3.85. The van der Waals surface area contributed by atoms with E-state index in [9.17, 15) is 9.59 Å². The van der Waals surface area contributed by atoms with Crippen molar-refractivity contribution in [2.24, 2.45) is 4.99 Å². The zero-order valence-electron chi connectivity index (χ0n) is 23.0. The average molecular weight is 551 g/mol. The van der Waals surface area contributed by atoms with Gasteiger partial charge in [-0.25, -0.2) is 9.79 Å². The zero-order chi connectivity index (χ0) is 27.9. The second kappa shape index (κ2) is 12.8. The smallest absolute Gasteiger partial charge is 0.338 e. The van der Waals surface area contributed by atoms with Gasteiger partial charge in [-0.05, 0) is 68.7 Å². The maximum Gasteiger partial charge on any atom is 0.338 e. The van der Waals surface area contributed by atoms with Gasteiger partial charge in [0.2, 0.25) is 0 Å². The van der Waals surface area contributed by atoms with E-state index in [1.807, 2.05) is 69.3 Å². The van der Waals surface area contributed by atoms with Crippen LogP contribution in [0.15, 0.2) is 63.5 Å². The lowest BCUT2D eigenvalue weighted by Crippen LogP contribution is -2.40. The van der Waals surface area contributed by atoms with Gasteiger partial charge in [0.15, 0.2) is 16.3 Å². The zero-order valence-corrected chi connectivity index (χ0v) is 23.8. The van der Waals surface area contributed by atoms with Crippen molar-refractivity contribution in [2.75, 3.05) is 26.9 Å². The van der Waals surface area contributed by atoms with E-state index in [4.69, 9.17) is 23.9 Å². The monoisotopic (exact) mass is 550 g/mol. The van der Waals surface area contributed by atoms with Crippen molar-refractivity contribution < 1.29 is 23.7 Å². The first-order valence-electron chi connectivity index (χ1n) is 13.2. The number of benzene rings is 2. The summed E-state index contributed by atoms with van der Waals surface area (Å²) >= 11 is 1.29. The van der Waals surface area contributed by atoms with Crippen LogP contribution >= 0.6 is 11.3 Å². The minimum absolute atomic E-state index is 0.219. The van der Waals surface area contributed by atoms with Gasteiger partial charge < -0.3 is 18.9 Å². The number of carbonyl (C=O) groups excluding carboxylic acids is 1. The first-order valence-corrected chi connectivity index (χ1v) is 14.0. The fourth-order valence-electron chi connectivity index (χ4n) is 4.56. The van der Waals surface area contributed by atoms with E-state index in [1.54, 1.807) is 18.6 Å². The highest BCUT2D eigenvalue weighted by Gasteiger charge is 2.34. The number of aromatic nitrogens is 1. The summed E-state index contributed by atoms with van der Waals surface area (Å²) < 4.78 is 24.4. The molecule has 0 bridgehead atoms. The molecule has 1 aliphatic rings. The molecule has 1 atom stereocenters. The molecule has 0 spiro atoms. The lowest BCUT2D eigenvalue weighted by Gasteiger charge is -2.26. The molecule has 206 valence electrons. The Morgan fingerprint density at radius 2 is 1.79 bits per heavy atom. The Bertz CT molecular complexity index is 1550. The van der Waals surface area contributed by atoms with Gasteiger partial charge in [0.25, 0.3) is 5.56 Å². The lowest BCUT2D eigenvalue weighted by atomic mass is 9.94. The van der Waals surface area contributed by atoms with Gasteiger partial charge in [-0.1, -0.05) is 42.9 Å². The summed E-state index contributed by atoms with van der Waals surface area (Å²) in [6, 6.07) is 12.3. The van der Waals surface area contributed by atoms with Crippen molar-refractivity contribution in [1.82, 2.24) is 4.57 Å². The third-order valence-electron chi connectivity index (χ3n) is 6.17. The molecule has 4 rings (SSSR count). The quantitative estimate of drug-likeness (QED) is 0.329. The van der Waals surface area contributed by atoms with E-state index in [-0.39, 0.29) is 12.2 Å². The molecule has 0 saturated carbocycles. The summed E-state index contributed by atoms with van der Waals surface area (Å²) in [5, 5.41) is 0. The fraction of sp³-hybridized carbons (Fsp3) is 0.367. The molecule has 0 fully saturated rings. The van der Waals surface area contributed by atoms with Crippen LogP contribution in [-0.2, 0) is 9.53 Å². The van der Waals surface area contributed by atoms with Crippen LogP contribution in [0.3, 0.4) is 0 Å². The first kappa shape index (κ1) is 28.2. The molecule has 2 aromatic carbocycles. The number of esters is 1. The molecule has 0 amide bonds. The lowest BCUT2D eigenvalue weighted by molar-refractivity contribution is -0.139. The minimum atomic E-state index is -0.696. The normalized spacial score (nSPS) is 15.0. The van der Waals surface area contributed by atoms with E-state index in [2.05, 4.69) is 0 Å². The van der Waals surface area contributed by atoms with Gasteiger partial charge in [-0.3, -0.25) is 9.36 Å². The molecule has 3 aromatic rings. The number of allylic oxidation sites excluding steroid dienone is 1. The minimum Gasteiger partial charge on any atom is -0.497 e. The van der Waals surface area contributed by atoms with Crippen molar-refractivity contribution in [1.29, 1.82) is 0 Å². The third kappa shape index (κ3) is 5.93. The van der Waals surface area contributed by atoms with E-state index in [0.717, 1.165) is 17.5 Å². The van der Waals surface area contributed by atoms with E-state index < -0.39 is 12.0 Å². The standard InChI is InChI=1S/C30H34N2O6S/c1-6-11-22-26(29(34)38-9-4)27(20-12-10-13-21(18-20)35-5)32-28(33)25(39-30(32)31-22)17-19-14-15-23(36-7-2)24(16-19)37-8-3/h10,12-18,27H,6-9,11H2,1-5H3/b25-17-/t27-/m0/s1. The molecule has 0 aliphatic carbocycles. The molecule has 1 aromatic heterocycles. The predicted molar refractivity (Wildman–Crippen MR) is 151 cm³/mol. The number of hydrogen-bond donors (Lipinski definition) is 0. The van der Waals surface area contributed by atoms with Gasteiger partial charge >= 0.3 is 5.97 Å². The largest absolute Gasteiger partial charge is 0.497 e. The van der Waals surface area contributed by atoms with Crippen LogP contribution in [0.25, 0.3) is 6.08 Å². The number of thiazole rings is 1. The summed E-state index contributed by atoms with van der Waals surface area (Å²) in [4.78, 5) is 32.6. The predicted octanol–water partition coefficient (Wildman–Crippen LogP) is 4.38. The first-order chi connectivity index (χ1) is 18.9. The Morgan fingerprint density at radius 3 is 2.49 bits per heavy atom. The number of rotatable bonds is 11. The Kier molecular flexibility index (Phi) is 9.24. The molecule has 2 heterocycles. The molecular formula is C30H34N2O6S. The number of ether oxygens (including phenoxy) is 4. The van der Waals surface area contributed by atoms with Crippen LogP contribution in [0.5, 0.6) is 17.2 Å². The number of methoxy groups -OCH3 is 1. The topological polar surface area (TPSA) is 88.4 Å². The van der Waals surface area contributed by atoms with Crippen molar-refractivity contribution in [3.63, 3.8) is 0 Å². The Labute approximate surface area is 231 Å². The number of carbonyl (C=O) groups is 1. The van der Waals surface area contributed by atoms with E-state index in [1.165, 1.54) is 11.3 Å². The average Bonchev–Trinajstić information content (AvgIpc) is 3.24. The van der Waals surface area contributed by atoms with Crippen LogP contribution in [0.2, 0.25) is 0 Å². The third-order valence-corrected chi connectivity index (χ3v) is 7.15. The molecule has 39 heavy (non-hydrogen) atoms. The van der Waals surface area contributed by atoms with Crippen LogP contribution in [0.4, 0.5) is 0 Å². The van der Waals surface area contributed by atoms with Crippen molar-refractivity contribution in [2.45, 2.75) is 46.6 Å². The SMILES string of the molecule is CCCC1=C(C(=O)OCC)[C@H](c2cccc(OC)c2)n2c(s/c(=C\c3ccc(OCC)c(OCC)c3)c2=O)=N1. The maximum absolute atomic E-state index is 13.9. The molecule has 0 unspecified atom stereocenters. The van der Waals surface area contributed by atoms with Crippen molar-refractivity contribution in [3.05, 3.63) is 84.5 Å². The fourth-order valence-corrected chi connectivity index (χ4v) is 5.58. The summed E-state index contributed by atoms with van der Waals surface area (Å²) in [7, 11) is 1.59. The van der Waals surface area contributed by atoms with E-state index in [0.29, 0.717) is 57.5 Å². The molecule has 8 nitrogen and oxygen atoms in total. The second-order valence-electron chi connectivity index (χ2n) is 8.76. The molecule has 1 aliphatic heterocycles. The van der Waals surface area contributed by atoms with Crippen molar-refractivity contribution >= 4 is 23.4 Å². The summed E-state index contributed by atoms with van der Waals surface area (Å²) in [5.74, 6) is 1.42. The number of nitrogens with zero attached hydrogens (tertiary/aromatic N) is 2. The van der Waals surface area contributed by atoms with Crippen LogP contribution < -0.4 is 29.1 Å². The number of hydrogen-bond acceptors (Lipinski definition) is 8. The van der Waals surface area contributed by atoms with Gasteiger partial charge in [0.05, 0.1) is 48.8 Å². The Morgan fingerprint density at radius 1 is 1.03 bits per heavy atom. The molecular weight excluding hydrogens is 516 g/mol. The van der Waals surface area contributed by atoms with Crippen LogP contribution in [0.1, 0.15) is 57.7 Å². The second-order valence-corrected chi connectivity index (χ2v) is 9.77. The summed E-state index contributed by atoms with van der Waals surface area (Å²) in [6.07, 6.45) is 3.18. The molecule has 0 radical (unpaired) electrons. The number of fused-ring (bicyclic) bond motifs is 1. The maximum atomic E-state index is 13.9. The van der Waals surface area contributed by atoms with E-state index >= 15 is 0 Å². The van der Waals surface area contributed by atoms with Gasteiger partial charge in [-0.15, -0.1) is 0 Å². The molecule has 0 saturated heterocycles. The highest BCUT2D eigenvalue weighted by atomic mass is 32.1. The highest BCUT2D eigenvalue weighted by molar-refractivity contribution is 7.07. The molecule has 0 N–H and O–H groups in total. The summed E-state index contributed by atoms with van der Waals surface area (Å²) in [6.45, 7) is 8.85. The highest BCUT2D eigenvalue weighted by Crippen LogP contribution is 2.34. The van der Waals surface area contributed by atoms with Gasteiger partial charge in [0.1, 0.15) is 5.75 Å². The van der Waals surface area contributed by atoms with Gasteiger partial charge in [-0.2, -0.15) is 0 Å². The molecule has 9 heteroatoms. The summed E-state index contributed by atoms with van der Waals surface area (Å²) in [5.41, 5.74) is 2.31. The van der Waals surface area contributed by atoms with Crippen LogP contribution in [0, 0.1) is 0 Å². The Balaban J connectivity index is 1.94.